The molecule has 2 aromatic rings. The maximum atomic E-state index is 11.7. The van der Waals surface area contributed by atoms with Crippen LogP contribution in [0.4, 0.5) is 20.4 Å². The van der Waals surface area contributed by atoms with E-state index in [9.17, 15) is 14.4 Å². The molecule has 1 aromatic carbocycles. The lowest BCUT2D eigenvalue weighted by Gasteiger charge is -2.26. The molecule has 4 amide bonds. The minimum atomic E-state index is -1.33. The van der Waals surface area contributed by atoms with Gasteiger partial charge in [-0.1, -0.05) is 12.1 Å². The standard InChI is InChI=1S/C20H24N6O4S.CH3NO2/c1-13(27)24-19-25-16(17(31-19)10-26-9-8-21-18(28)11-26)7-4-14-2-5-15(6-3-14)22-12-23-20(29)30;2-1(3)4/h2-3,5-6,12H,4,7-11H2,1H3,(H,21,28)(H,22,23)(H,29,30)(H,24,25,27);2H2,(H,3,4). The Morgan fingerprint density at radius 3 is 2.54 bits per heavy atom. The fourth-order valence-electron chi connectivity index (χ4n) is 3.13. The maximum Gasteiger partial charge on any atom is 0.432 e. The van der Waals surface area contributed by atoms with Gasteiger partial charge in [0, 0.05) is 37.1 Å². The van der Waals surface area contributed by atoms with Crippen molar-refractivity contribution in [1.29, 1.82) is 0 Å². The van der Waals surface area contributed by atoms with Crippen molar-refractivity contribution in [1.82, 2.24) is 15.2 Å². The quantitative estimate of drug-likeness (QED) is 0.227. The zero-order valence-corrected chi connectivity index (χ0v) is 19.8. The van der Waals surface area contributed by atoms with Crippen molar-refractivity contribution >= 4 is 52.5 Å². The number of carbonyl (C=O) groups excluding carboxylic acids is 2. The smallest absolute Gasteiger partial charge is 0.432 e. The second-order valence-electron chi connectivity index (χ2n) is 7.35. The molecule has 3 rings (SSSR count). The molecule has 35 heavy (non-hydrogen) atoms. The second-order valence-corrected chi connectivity index (χ2v) is 8.43. The van der Waals surface area contributed by atoms with Gasteiger partial charge in [0.2, 0.25) is 11.8 Å². The molecule has 0 aliphatic carbocycles. The molecule has 14 heteroatoms. The summed E-state index contributed by atoms with van der Waals surface area (Å²) in [6, 6.07) is 7.60. The molecule has 7 N–H and O–H groups in total. The lowest BCUT2D eigenvalue weighted by atomic mass is 10.1. The van der Waals surface area contributed by atoms with Gasteiger partial charge in [-0.05, 0) is 30.5 Å². The Labute approximate surface area is 205 Å². The first-order valence-electron chi connectivity index (χ1n) is 10.5. The van der Waals surface area contributed by atoms with Crippen LogP contribution in [0.1, 0.15) is 23.1 Å². The van der Waals surface area contributed by atoms with Gasteiger partial charge in [0.15, 0.2) is 5.13 Å². The van der Waals surface area contributed by atoms with Crippen LogP contribution in [0.3, 0.4) is 0 Å². The van der Waals surface area contributed by atoms with E-state index in [2.05, 4.69) is 36.6 Å². The van der Waals surface area contributed by atoms with E-state index in [4.69, 9.17) is 15.0 Å². The summed E-state index contributed by atoms with van der Waals surface area (Å²) >= 11 is 1.44. The highest BCUT2D eigenvalue weighted by molar-refractivity contribution is 7.15. The SMILES string of the molecule is CC(=O)Nc1nc(CCc2ccc(NC=NC(=O)O)cc2)c(CN2CCNC(=O)C2)s1.NC(=O)O. The Morgan fingerprint density at radius 1 is 1.26 bits per heavy atom. The number of aliphatic imine (C=N–C) groups is 1. The summed E-state index contributed by atoms with van der Waals surface area (Å²) < 4.78 is 0. The van der Waals surface area contributed by atoms with E-state index in [0.717, 1.165) is 41.1 Å². The molecule has 0 bridgehead atoms. The van der Waals surface area contributed by atoms with E-state index in [1.54, 1.807) is 0 Å². The zero-order valence-electron chi connectivity index (χ0n) is 19.0. The normalized spacial score (nSPS) is 13.5. The van der Waals surface area contributed by atoms with Gasteiger partial charge in [-0.15, -0.1) is 11.3 Å². The maximum absolute atomic E-state index is 11.7. The molecule has 0 saturated carbocycles. The minimum Gasteiger partial charge on any atom is -0.465 e. The summed E-state index contributed by atoms with van der Waals surface area (Å²) in [6.07, 6.45) is -0.0191. The molecule has 0 radical (unpaired) electrons. The van der Waals surface area contributed by atoms with Crippen LogP contribution in [0.2, 0.25) is 0 Å². The Hall–Kier alpha value is -4.04. The van der Waals surface area contributed by atoms with Crippen molar-refractivity contribution in [3.63, 3.8) is 0 Å². The lowest BCUT2D eigenvalue weighted by molar-refractivity contribution is -0.124. The van der Waals surface area contributed by atoms with Gasteiger partial charge in [0.1, 0.15) is 0 Å². The van der Waals surface area contributed by atoms with Gasteiger partial charge in [0.05, 0.1) is 18.6 Å². The van der Waals surface area contributed by atoms with Crippen molar-refractivity contribution in [2.75, 3.05) is 30.3 Å². The number of aryl methyl sites for hydroxylation is 2. The number of anilines is 2. The van der Waals surface area contributed by atoms with Gasteiger partial charge >= 0.3 is 12.2 Å². The number of nitrogens with two attached hydrogens (primary N) is 1. The summed E-state index contributed by atoms with van der Waals surface area (Å²) in [7, 11) is 0. The Balaban J connectivity index is 0.00000100. The van der Waals surface area contributed by atoms with Gasteiger partial charge in [-0.3, -0.25) is 14.5 Å². The highest BCUT2D eigenvalue weighted by atomic mass is 32.1. The van der Waals surface area contributed by atoms with E-state index in [1.165, 1.54) is 18.3 Å². The Bertz CT molecular complexity index is 1070. The number of piperazine rings is 1. The molecule has 0 atom stereocenters. The molecular weight excluding hydrogens is 478 g/mol. The molecule has 0 spiro atoms. The molecule has 0 unspecified atom stereocenters. The number of hydrogen-bond donors (Lipinski definition) is 6. The van der Waals surface area contributed by atoms with Gasteiger partial charge in [-0.2, -0.15) is 4.99 Å². The first kappa shape index (κ1) is 27.2. The van der Waals surface area contributed by atoms with Crippen molar-refractivity contribution in [2.45, 2.75) is 26.3 Å². The highest BCUT2D eigenvalue weighted by Crippen LogP contribution is 2.26. The molecule has 2 heterocycles. The number of carboxylic acid groups (broad SMARTS) is 2. The monoisotopic (exact) mass is 505 g/mol. The largest absolute Gasteiger partial charge is 0.465 e. The van der Waals surface area contributed by atoms with E-state index in [1.807, 2.05) is 24.3 Å². The molecule has 1 aliphatic heterocycles. The van der Waals surface area contributed by atoms with Gasteiger partial charge in [0.25, 0.3) is 0 Å². The lowest BCUT2D eigenvalue weighted by Crippen LogP contribution is -2.47. The number of carbonyl (C=O) groups is 4. The summed E-state index contributed by atoms with van der Waals surface area (Å²) in [5.74, 6) is -0.153. The summed E-state index contributed by atoms with van der Waals surface area (Å²) in [5.41, 5.74) is 6.77. The average molecular weight is 506 g/mol. The number of primary amides is 1. The number of nitrogens with one attached hydrogen (secondary N) is 3. The van der Waals surface area contributed by atoms with Crippen LogP contribution < -0.4 is 21.7 Å². The topological polar surface area (TPSA) is 199 Å². The van der Waals surface area contributed by atoms with Crippen molar-refractivity contribution < 1.29 is 29.4 Å². The minimum absolute atomic E-state index is 0.0153. The van der Waals surface area contributed by atoms with Crippen LogP contribution in [0.25, 0.3) is 0 Å². The highest BCUT2D eigenvalue weighted by Gasteiger charge is 2.20. The molecule has 1 saturated heterocycles. The Kier molecular flexibility index (Phi) is 10.6. The predicted molar refractivity (Wildman–Crippen MR) is 131 cm³/mol. The van der Waals surface area contributed by atoms with E-state index in [0.29, 0.717) is 31.2 Å². The number of benzene rings is 1. The molecule has 1 aliphatic rings. The summed E-state index contributed by atoms with van der Waals surface area (Å²) in [5, 5.41) is 24.6. The van der Waals surface area contributed by atoms with Crippen LogP contribution in [0, 0.1) is 0 Å². The number of aromatic nitrogens is 1. The van der Waals surface area contributed by atoms with E-state index < -0.39 is 12.2 Å². The molecule has 188 valence electrons. The Morgan fingerprint density at radius 2 is 1.94 bits per heavy atom. The third-order valence-electron chi connectivity index (χ3n) is 4.56. The number of rotatable bonds is 8. The van der Waals surface area contributed by atoms with E-state index >= 15 is 0 Å². The van der Waals surface area contributed by atoms with Crippen molar-refractivity contribution in [2.24, 2.45) is 10.7 Å². The van der Waals surface area contributed by atoms with Crippen LogP contribution in [-0.2, 0) is 29.0 Å². The third kappa shape index (κ3) is 10.6. The average Bonchev–Trinajstić information content (AvgIpc) is 3.12. The molecule has 1 aromatic heterocycles. The van der Waals surface area contributed by atoms with Gasteiger partial charge < -0.3 is 31.9 Å². The van der Waals surface area contributed by atoms with Crippen LogP contribution in [0.5, 0.6) is 0 Å². The first-order valence-corrected chi connectivity index (χ1v) is 11.3. The number of thiazole rings is 1. The zero-order chi connectivity index (χ0) is 25.8. The van der Waals surface area contributed by atoms with E-state index in [-0.39, 0.29) is 11.8 Å². The van der Waals surface area contributed by atoms with Gasteiger partial charge in [-0.25, -0.2) is 14.6 Å². The van der Waals surface area contributed by atoms with Crippen LogP contribution in [0.15, 0.2) is 29.3 Å². The first-order chi connectivity index (χ1) is 16.6. The molecule has 1 fully saturated rings. The van der Waals surface area contributed by atoms with Crippen molar-refractivity contribution in [3.05, 3.63) is 40.4 Å². The molecule has 13 nitrogen and oxygen atoms in total. The number of hydrogen-bond acceptors (Lipinski definition) is 7. The predicted octanol–water partition coefficient (Wildman–Crippen LogP) is 1.56. The van der Waals surface area contributed by atoms with Crippen LogP contribution >= 0.6 is 11.3 Å². The summed E-state index contributed by atoms with van der Waals surface area (Å²) in [6.45, 7) is 3.83. The number of amides is 4. The second kappa shape index (κ2) is 13.6. The molecular formula is C21H27N7O6S. The van der Waals surface area contributed by atoms with Crippen LogP contribution in [-0.4, -0.2) is 70.1 Å². The fraction of sp³-hybridized carbons (Fsp3) is 0.333. The fourth-order valence-corrected chi connectivity index (χ4v) is 4.22. The third-order valence-corrected chi connectivity index (χ3v) is 5.55. The summed E-state index contributed by atoms with van der Waals surface area (Å²) in [4.78, 5) is 53.2. The number of nitrogens with zero attached hydrogens (tertiary/aromatic N) is 3. The van der Waals surface area contributed by atoms with Crippen molar-refractivity contribution in [3.8, 4) is 0 Å².